The fraction of sp³-hybridized carbons (Fsp3) is 0.385. The van der Waals surface area contributed by atoms with E-state index in [2.05, 4.69) is 11.9 Å². The lowest BCUT2D eigenvalue weighted by Gasteiger charge is -2.05. The van der Waals surface area contributed by atoms with Gasteiger partial charge in [0.1, 0.15) is 12.2 Å². The van der Waals surface area contributed by atoms with E-state index in [-0.39, 0.29) is 18.1 Å². The summed E-state index contributed by atoms with van der Waals surface area (Å²) in [7, 11) is 0. The lowest BCUT2D eigenvalue weighted by Crippen LogP contribution is -2.27. The van der Waals surface area contributed by atoms with E-state index in [0.29, 0.717) is 17.7 Å². The first kappa shape index (κ1) is 15.4. The van der Waals surface area contributed by atoms with Gasteiger partial charge < -0.3 is 14.8 Å². The van der Waals surface area contributed by atoms with Crippen molar-refractivity contribution in [1.82, 2.24) is 5.32 Å². The first-order chi connectivity index (χ1) is 9.06. The summed E-state index contributed by atoms with van der Waals surface area (Å²) >= 11 is 1.66. The average Bonchev–Trinajstić information content (AvgIpc) is 2.69. The highest BCUT2D eigenvalue weighted by atomic mass is 32.2. The Balaban J connectivity index is 2.58. The van der Waals surface area contributed by atoms with Crippen LogP contribution < -0.4 is 5.32 Å². The predicted octanol–water partition coefficient (Wildman–Crippen LogP) is 1.86. The molecule has 0 aliphatic rings. The Labute approximate surface area is 116 Å². The number of hydrogen-bond donors (Lipinski definition) is 2. The molecule has 1 aromatic rings. The highest BCUT2D eigenvalue weighted by Crippen LogP contribution is 2.17. The summed E-state index contributed by atoms with van der Waals surface area (Å²) in [6.07, 6.45) is 2.92. The second kappa shape index (κ2) is 7.68. The van der Waals surface area contributed by atoms with Crippen molar-refractivity contribution >= 4 is 23.6 Å². The van der Waals surface area contributed by atoms with E-state index in [1.165, 1.54) is 6.26 Å². The fourth-order valence-electron chi connectivity index (χ4n) is 1.56. The Hall–Kier alpha value is -1.69. The molecule has 0 aliphatic heterocycles. The molecular weight excluding hydrogens is 266 g/mol. The summed E-state index contributed by atoms with van der Waals surface area (Å²) in [4.78, 5) is 22.6. The van der Waals surface area contributed by atoms with Crippen molar-refractivity contribution in [2.45, 2.75) is 13.3 Å². The third kappa shape index (κ3) is 4.82. The van der Waals surface area contributed by atoms with Gasteiger partial charge in [-0.05, 0) is 6.92 Å². The van der Waals surface area contributed by atoms with E-state index in [0.717, 1.165) is 11.5 Å². The average molecular weight is 283 g/mol. The van der Waals surface area contributed by atoms with Gasteiger partial charge in [-0.25, -0.2) is 0 Å². The normalized spacial score (nSPS) is 10.2. The predicted molar refractivity (Wildman–Crippen MR) is 74.6 cm³/mol. The van der Waals surface area contributed by atoms with Crippen molar-refractivity contribution < 1.29 is 19.1 Å². The number of aryl methyl sites for hydroxylation is 1. The number of carbonyl (C=O) groups is 2. The van der Waals surface area contributed by atoms with E-state index in [4.69, 9.17) is 9.52 Å². The maximum absolute atomic E-state index is 12.0. The number of nitrogens with one attached hydrogen (secondary N) is 1. The van der Waals surface area contributed by atoms with E-state index in [1.807, 2.05) is 0 Å². The number of carbonyl (C=O) groups excluding carboxylic acids is 1. The molecule has 0 saturated heterocycles. The lowest BCUT2D eigenvalue weighted by atomic mass is 10.1. The van der Waals surface area contributed by atoms with Crippen molar-refractivity contribution in [2.24, 2.45) is 0 Å². The number of amides is 1. The van der Waals surface area contributed by atoms with Crippen molar-refractivity contribution in [3.05, 3.63) is 35.8 Å². The summed E-state index contributed by atoms with van der Waals surface area (Å²) in [5.41, 5.74) is 0.976. The third-order valence-corrected chi connectivity index (χ3v) is 3.32. The van der Waals surface area contributed by atoms with Gasteiger partial charge in [-0.15, -0.1) is 6.58 Å². The molecule has 2 N–H and O–H groups in total. The van der Waals surface area contributed by atoms with Gasteiger partial charge in [0.15, 0.2) is 0 Å². The highest BCUT2D eigenvalue weighted by Gasteiger charge is 2.19. The van der Waals surface area contributed by atoms with Crippen molar-refractivity contribution in [3.8, 4) is 0 Å². The molecule has 5 nitrogen and oxygen atoms in total. The Morgan fingerprint density at radius 1 is 1.58 bits per heavy atom. The molecule has 0 bridgehead atoms. The minimum atomic E-state index is -1.02. The number of carboxylic acid groups (broad SMARTS) is 1. The number of furan rings is 1. The monoisotopic (exact) mass is 283 g/mol. The van der Waals surface area contributed by atoms with Gasteiger partial charge in [0, 0.05) is 23.6 Å². The quantitative estimate of drug-likeness (QED) is 0.562. The van der Waals surface area contributed by atoms with Gasteiger partial charge in [-0.1, -0.05) is 6.08 Å². The van der Waals surface area contributed by atoms with Crippen LogP contribution in [-0.4, -0.2) is 35.0 Å². The second-order valence-electron chi connectivity index (χ2n) is 3.91. The van der Waals surface area contributed by atoms with E-state index >= 15 is 0 Å². The molecule has 0 aliphatic carbocycles. The number of hydrogen-bond acceptors (Lipinski definition) is 4. The van der Waals surface area contributed by atoms with Gasteiger partial charge >= 0.3 is 5.97 Å². The molecule has 6 heteroatoms. The second-order valence-corrected chi connectivity index (χ2v) is 5.06. The third-order valence-electron chi connectivity index (χ3n) is 2.36. The smallest absolute Gasteiger partial charge is 0.311 e. The Bertz CT molecular complexity index is 467. The summed E-state index contributed by atoms with van der Waals surface area (Å²) in [6.45, 7) is 5.85. The summed E-state index contributed by atoms with van der Waals surface area (Å²) in [5, 5.41) is 11.5. The molecule has 104 valence electrons. The summed E-state index contributed by atoms with van der Waals surface area (Å²) < 4.78 is 5.11. The largest absolute Gasteiger partial charge is 0.481 e. The molecule has 0 aromatic carbocycles. The Morgan fingerprint density at radius 2 is 2.32 bits per heavy atom. The fourth-order valence-corrected chi connectivity index (χ4v) is 2.14. The molecule has 1 heterocycles. The Kier molecular flexibility index (Phi) is 6.21. The van der Waals surface area contributed by atoms with Crippen LogP contribution in [0.1, 0.15) is 21.7 Å². The molecule has 0 fully saturated rings. The van der Waals surface area contributed by atoms with Crippen molar-refractivity contribution in [1.29, 1.82) is 0 Å². The topological polar surface area (TPSA) is 79.5 Å². The lowest BCUT2D eigenvalue weighted by molar-refractivity contribution is -0.136. The molecule has 1 aromatic heterocycles. The van der Waals surface area contributed by atoms with Crippen LogP contribution in [0.5, 0.6) is 0 Å². The van der Waals surface area contributed by atoms with Gasteiger partial charge in [0.05, 0.1) is 11.8 Å². The summed E-state index contributed by atoms with van der Waals surface area (Å²) in [5.74, 6) is 0.501. The highest BCUT2D eigenvalue weighted by molar-refractivity contribution is 7.99. The first-order valence-corrected chi connectivity index (χ1v) is 6.97. The molecule has 0 saturated carbocycles. The molecule has 0 radical (unpaired) electrons. The maximum atomic E-state index is 12.0. The Morgan fingerprint density at radius 3 is 2.95 bits per heavy atom. The minimum Gasteiger partial charge on any atom is -0.481 e. The standard InChI is InChI=1S/C13H17NO4S/c1-3-5-19-6-4-14-13(17)12-9(2)8-18-10(12)7-11(15)16/h3,8H,1,4-7H2,2H3,(H,14,17)(H,15,16). The van der Waals surface area contributed by atoms with E-state index < -0.39 is 5.97 Å². The summed E-state index contributed by atoms with van der Waals surface area (Å²) in [6, 6.07) is 0. The molecule has 1 rings (SSSR count). The van der Waals surface area contributed by atoms with Crippen LogP contribution in [-0.2, 0) is 11.2 Å². The van der Waals surface area contributed by atoms with Gasteiger partial charge in [-0.2, -0.15) is 11.8 Å². The van der Waals surface area contributed by atoms with Crippen LogP contribution in [0.3, 0.4) is 0 Å². The molecular formula is C13H17NO4S. The van der Waals surface area contributed by atoms with Crippen LogP contribution in [0.4, 0.5) is 0 Å². The van der Waals surface area contributed by atoms with Crippen molar-refractivity contribution in [3.63, 3.8) is 0 Å². The molecule has 0 atom stereocenters. The van der Waals surface area contributed by atoms with Gasteiger partial charge in [-0.3, -0.25) is 9.59 Å². The SMILES string of the molecule is C=CCSCCNC(=O)c1c(C)coc1CC(=O)O. The van der Waals surface area contributed by atoms with Crippen LogP contribution in [0.2, 0.25) is 0 Å². The minimum absolute atomic E-state index is 0.196. The zero-order valence-electron chi connectivity index (χ0n) is 10.8. The van der Waals surface area contributed by atoms with Crippen LogP contribution >= 0.6 is 11.8 Å². The molecule has 0 spiro atoms. The zero-order valence-corrected chi connectivity index (χ0v) is 11.6. The number of thioether (sulfide) groups is 1. The van der Waals surface area contributed by atoms with Gasteiger partial charge in [0.25, 0.3) is 5.91 Å². The van der Waals surface area contributed by atoms with Crippen LogP contribution in [0, 0.1) is 6.92 Å². The molecule has 19 heavy (non-hydrogen) atoms. The molecule has 1 amide bonds. The number of aliphatic carboxylic acids is 1. The first-order valence-electron chi connectivity index (χ1n) is 5.81. The van der Waals surface area contributed by atoms with Crippen LogP contribution in [0.15, 0.2) is 23.3 Å². The van der Waals surface area contributed by atoms with Gasteiger partial charge in [0.2, 0.25) is 0 Å². The zero-order chi connectivity index (χ0) is 14.3. The van der Waals surface area contributed by atoms with Crippen molar-refractivity contribution in [2.75, 3.05) is 18.1 Å². The number of rotatable bonds is 8. The van der Waals surface area contributed by atoms with E-state index in [9.17, 15) is 9.59 Å². The van der Waals surface area contributed by atoms with Crippen LogP contribution in [0.25, 0.3) is 0 Å². The molecule has 0 unspecified atom stereocenters. The number of carboxylic acids is 1. The van der Waals surface area contributed by atoms with E-state index in [1.54, 1.807) is 24.8 Å². The maximum Gasteiger partial charge on any atom is 0.311 e.